The number of thiol groups is 1. The quantitative estimate of drug-likeness (QED) is 0.530. The molecular formula is C9H11NS. The molecule has 1 aliphatic rings. The topological polar surface area (TPSA) is 12.4 Å². The van der Waals surface area contributed by atoms with Gasteiger partial charge in [0.25, 0.3) is 0 Å². The minimum absolute atomic E-state index is 0.897. The number of rotatable bonds is 0. The zero-order valence-corrected chi connectivity index (χ0v) is 7.65. The molecule has 0 radical (unpaired) electrons. The first kappa shape index (κ1) is 8.34. The van der Waals surface area contributed by atoms with Crippen LogP contribution in [0.4, 0.5) is 0 Å². The molecule has 0 heterocycles. The van der Waals surface area contributed by atoms with Gasteiger partial charge in [0.05, 0.1) is 5.71 Å². The lowest BCUT2D eigenvalue weighted by Crippen LogP contribution is -2.07. The highest BCUT2D eigenvalue weighted by Gasteiger charge is 2.11. The maximum Gasteiger partial charge on any atom is 0.0808 e. The zero-order valence-electron chi connectivity index (χ0n) is 6.76. The Bertz CT molecular complexity index is 278. The monoisotopic (exact) mass is 165 g/mol. The minimum Gasteiger partial charge on any atom is -0.219 e. The molecule has 0 atom stereocenters. The van der Waals surface area contributed by atoms with Crippen LogP contribution in [-0.2, 0) is 0 Å². The van der Waals surface area contributed by atoms with E-state index < -0.39 is 0 Å². The van der Waals surface area contributed by atoms with Gasteiger partial charge in [-0.15, -0.1) is 0 Å². The Labute approximate surface area is 72.8 Å². The van der Waals surface area contributed by atoms with Crippen molar-refractivity contribution < 1.29 is 0 Å². The maximum atomic E-state index is 3.91. The fraction of sp³-hybridized carbons (Fsp3) is 0.222. The third kappa shape index (κ3) is 1.46. The predicted octanol–water partition coefficient (Wildman–Crippen LogP) is 2.73. The summed E-state index contributed by atoms with van der Waals surface area (Å²) >= 11 is 3.88. The summed E-state index contributed by atoms with van der Waals surface area (Å²) < 4.78 is 3.86. The number of hydrogen-bond donors (Lipinski definition) is 1. The Morgan fingerprint density at radius 3 is 2.27 bits per heavy atom. The van der Waals surface area contributed by atoms with Crippen molar-refractivity contribution in [1.82, 2.24) is 0 Å². The summed E-state index contributed by atoms with van der Waals surface area (Å²) in [6, 6.07) is 0. The molecule has 0 aromatic rings. The van der Waals surface area contributed by atoms with Crippen LogP contribution in [0.2, 0.25) is 0 Å². The molecule has 1 aliphatic carbocycles. The highest BCUT2D eigenvalue weighted by molar-refractivity contribution is 7.79. The van der Waals surface area contributed by atoms with E-state index >= 15 is 0 Å². The lowest BCUT2D eigenvalue weighted by molar-refractivity contribution is 1.40. The van der Waals surface area contributed by atoms with Crippen molar-refractivity contribution in [2.45, 2.75) is 13.8 Å². The Kier molecular flexibility index (Phi) is 2.35. The summed E-state index contributed by atoms with van der Waals surface area (Å²) in [6.07, 6.45) is 4.07. The van der Waals surface area contributed by atoms with E-state index in [1.54, 1.807) is 0 Å². The first-order valence-electron chi connectivity index (χ1n) is 3.44. The van der Waals surface area contributed by atoms with Crippen LogP contribution < -0.4 is 0 Å². The Morgan fingerprint density at radius 1 is 1.27 bits per heavy atom. The summed E-state index contributed by atoms with van der Waals surface area (Å²) in [5, 5.41) is 0. The van der Waals surface area contributed by atoms with Gasteiger partial charge in [-0.25, -0.2) is 4.40 Å². The molecule has 0 fully saturated rings. The molecule has 1 nitrogen and oxygen atoms in total. The molecule has 0 saturated carbocycles. The van der Waals surface area contributed by atoms with Crippen LogP contribution in [0.5, 0.6) is 0 Å². The average Bonchev–Trinajstić information content (AvgIpc) is 1.99. The van der Waals surface area contributed by atoms with Crippen molar-refractivity contribution >= 4 is 18.5 Å². The average molecular weight is 165 g/mol. The molecule has 11 heavy (non-hydrogen) atoms. The summed E-state index contributed by atoms with van der Waals surface area (Å²) in [7, 11) is 0. The molecule has 0 aromatic heterocycles. The predicted molar refractivity (Wildman–Crippen MR) is 53.1 cm³/mol. The minimum atomic E-state index is 0.897. The van der Waals surface area contributed by atoms with E-state index in [1.165, 1.54) is 0 Å². The number of allylic oxidation sites excluding steroid dienone is 5. The lowest BCUT2D eigenvalue weighted by atomic mass is 9.94. The first-order chi connectivity index (χ1) is 5.16. The molecule has 1 rings (SSSR count). The summed E-state index contributed by atoms with van der Waals surface area (Å²) in [5.41, 5.74) is 4.15. The fourth-order valence-electron chi connectivity index (χ4n) is 0.994. The van der Waals surface area contributed by atoms with Crippen molar-refractivity contribution in [1.29, 1.82) is 0 Å². The van der Waals surface area contributed by atoms with Crippen molar-refractivity contribution in [2.24, 2.45) is 4.40 Å². The zero-order chi connectivity index (χ0) is 8.43. The van der Waals surface area contributed by atoms with E-state index in [9.17, 15) is 0 Å². The van der Waals surface area contributed by atoms with Gasteiger partial charge in [-0.2, -0.15) is 0 Å². The summed E-state index contributed by atoms with van der Waals surface area (Å²) in [6.45, 7) is 7.93. The fourth-order valence-corrected chi connectivity index (χ4v) is 1.27. The van der Waals surface area contributed by atoms with Crippen molar-refractivity contribution in [3.8, 4) is 0 Å². The van der Waals surface area contributed by atoms with Gasteiger partial charge in [0.15, 0.2) is 0 Å². The van der Waals surface area contributed by atoms with Gasteiger partial charge >= 0.3 is 0 Å². The van der Waals surface area contributed by atoms with Gasteiger partial charge in [-0.05, 0) is 43.4 Å². The second-order valence-electron chi connectivity index (χ2n) is 2.63. The van der Waals surface area contributed by atoms with Crippen LogP contribution >= 0.6 is 12.8 Å². The van der Waals surface area contributed by atoms with E-state index in [4.69, 9.17) is 0 Å². The van der Waals surface area contributed by atoms with Gasteiger partial charge in [-0.1, -0.05) is 18.7 Å². The second-order valence-corrected chi connectivity index (χ2v) is 2.83. The maximum absolute atomic E-state index is 3.91. The SMILES string of the molecule is C=C1C(C)=CC=C(C)C1=NS. The van der Waals surface area contributed by atoms with Crippen LogP contribution in [-0.4, -0.2) is 5.71 Å². The highest BCUT2D eigenvalue weighted by Crippen LogP contribution is 2.20. The molecule has 2 heteroatoms. The Morgan fingerprint density at radius 2 is 1.82 bits per heavy atom. The highest BCUT2D eigenvalue weighted by atomic mass is 32.1. The standard InChI is InChI=1S/C9H11NS/c1-6-4-5-7(2)9(10-11)8(6)3/h4-5,11H,3H2,1-2H3. The molecule has 0 saturated heterocycles. The number of nitrogens with zero attached hydrogens (tertiary/aromatic N) is 1. The molecule has 58 valence electrons. The summed E-state index contributed by atoms with van der Waals surface area (Å²) in [4.78, 5) is 0. The molecular weight excluding hydrogens is 154 g/mol. The van der Waals surface area contributed by atoms with Crippen LogP contribution in [0.25, 0.3) is 0 Å². The third-order valence-corrected chi connectivity index (χ3v) is 2.02. The Balaban J connectivity index is 3.13. The second kappa shape index (κ2) is 3.09. The van der Waals surface area contributed by atoms with Crippen LogP contribution in [0.15, 0.2) is 39.8 Å². The van der Waals surface area contributed by atoms with Crippen LogP contribution in [0, 0.1) is 0 Å². The van der Waals surface area contributed by atoms with Crippen LogP contribution in [0.3, 0.4) is 0 Å². The van der Waals surface area contributed by atoms with Crippen molar-refractivity contribution in [3.63, 3.8) is 0 Å². The van der Waals surface area contributed by atoms with Gasteiger partial charge in [0, 0.05) is 0 Å². The largest absolute Gasteiger partial charge is 0.219 e. The van der Waals surface area contributed by atoms with Gasteiger partial charge in [-0.3, -0.25) is 0 Å². The first-order valence-corrected chi connectivity index (χ1v) is 3.84. The molecule has 0 amide bonds. The smallest absolute Gasteiger partial charge is 0.0808 e. The molecule has 0 unspecified atom stereocenters. The molecule has 0 N–H and O–H groups in total. The van der Waals surface area contributed by atoms with Gasteiger partial charge in [0.1, 0.15) is 0 Å². The molecule has 0 spiro atoms. The van der Waals surface area contributed by atoms with Gasteiger partial charge < -0.3 is 0 Å². The summed E-state index contributed by atoms with van der Waals surface area (Å²) in [5.74, 6) is 0. The van der Waals surface area contributed by atoms with Gasteiger partial charge in [0.2, 0.25) is 0 Å². The van der Waals surface area contributed by atoms with Crippen LogP contribution in [0.1, 0.15) is 13.8 Å². The third-order valence-electron chi connectivity index (χ3n) is 1.82. The van der Waals surface area contributed by atoms with E-state index in [0.717, 1.165) is 22.4 Å². The van der Waals surface area contributed by atoms with Crippen molar-refractivity contribution in [2.75, 3.05) is 0 Å². The van der Waals surface area contributed by atoms with E-state index in [0.29, 0.717) is 0 Å². The molecule has 0 bridgehead atoms. The normalized spacial score (nSPS) is 21.7. The molecule has 0 aromatic carbocycles. The van der Waals surface area contributed by atoms with E-state index in [1.807, 2.05) is 26.0 Å². The number of hydrogen-bond acceptors (Lipinski definition) is 2. The van der Waals surface area contributed by atoms with Crippen molar-refractivity contribution in [3.05, 3.63) is 35.5 Å². The van der Waals surface area contributed by atoms with E-state index in [-0.39, 0.29) is 0 Å². The molecule has 0 aliphatic heterocycles. The lowest BCUT2D eigenvalue weighted by Gasteiger charge is -2.13. The van der Waals surface area contributed by atoms with E-state index in [2.05, 4.69) is 23.8 Å². The Hall–Kier alpha value is -0.760.